The molecule has 0 saturated carbocycles. The summed E-state index contributed by atoms with van der Waals surface area (Å²) in [6.07, 6.45) is 2.63. The minimum absolute atomic E-state index is 0.251. The molecule has 0 unspecified atom stereocenters. The van der Waals surface area contributed by atoms with Crippen molar-refractivity contribution in [3.8, 4) is 0 Å². The number of furan rings is 1. The molecule has 2 aromatic rings. The number of likely N-dealkylation sites (N-methyl/N-ethyl adjacent to an activating group) is 1. The molecule has 0 atom stereocenters. The molecule has 0 aliphatic carbocycles. The maximum Gasteiger partial charge on any atom is 0.331 e. The molecule has 0 radical (unpaired) electrons. The number of halogens is 2. The summed E-state index contributed by atoms with van der Waals surface area (Å²) in [5.41, 5.74) is 0.671. The zero-order valence-corrected chi connectivity index (χ0v) is 15.2. The Morgan fingerprint density at radius 1 is 1.32 bits per heavy atom. The summed E-state index contributed by atoms with van der Waals surface area (Å²) in [5, 5.41) is 0. The van der Waals surface area contributed by atoms with E-state index in [0.717, 1.165) is 0 Å². The lowest BCUT2D eigenvalue weighted by Crippen LogP contribution is -2.34. The molecule has 1 aromatic carbocycles. The Balaban J connectivity index is 1.84. The van der Waals surface area contributed by atoms with Gasteiger partial charge in [0.2, 0.25) is 0 Å². The van der Waals surface area contributed by atoms with E-state index in [0.29, 0.717) is 22.5 Å². The van der Waals surface area contributed by atoms with E-state index in [1.807, 2.05) is 0 Å². The number of carbonyl (C=O) groups is 2. The smallest absolute Gasteiger partial charge is 0.331 e. The number of rotatable bonds is 7. The standard InChI is InChI=1S/C18H17BrFNO4/c1-2-21(11-13-4-3-5-14(20)10-13)17(22)12-24-18(23)9-7-15-6-8-16(19)25-15/h3-10H,2,11-12H2,1H3/b9-7+. The molecular weight excluding hydrogens is 393 g/mol. The lowest BCUT2D eigenvalue weighted by molar-refractivity contribution is -0.148. The van der Waals surface area contributed by atoms with Gasteiger partial charge in [0.25, 0.3) is 5.91 Å². The van der Waals surface area contributed by atoms with Crippen LogP contribution in [0.4, 0.5) is 4.39 Å². The van der Waals surface area contributed by atoms with Gasteiger partial charge in [0, 0.05) is 19.2 Å². The predicted octanol–water partition coefficient (Wildman–Crippen LogP) is 3.79. The second-order valence-corrected chi connectivity index (χ2v) is 5.90. The molecule has 0 fully saturated rings. The van der Waals surface area contributed by atoms with E-state index in [4.69, 9.17) is 9.15 Å². The Morgan fingerprint density at radius 3 is 2.76 bits per heavy atom. The molecule has 0 bridgehead atoms. The lowest BCUT2D eigenvalue weighted by Gasteiger charge is -2.20. The zero-order chi connectivity index (χ0) is 18.2. The van der Waals surface area contributed by atoms with Crippen LogP contribution in [0.25, 0.3) is 6.08 Å². The molecule has 1 aromatic heterocycles. The Hall–Kier alpha value is -2.41. The van der Waals surface area contributed by atoms with Crippen LogP contribution in [-0.2, 0) is 20.9 Å². The molecule has 1 heterocycles. The number of ether oxygens (including phenoxy) is 1. The normalized spacial score (nSPS) is 10.8. The number of hydrogen-bond acceptors (Lipinski definition) is 4. The highest BCUT2D eigenvalue weighted by atomic mass is 79.9. The van der Waals surface area contributed by atoms with Crippen molar-refractivity contribution >= 4 is 33.9 Å². The van der Waals surface area contributed by atoms with E-state index in [1.54, 1.807) is 31.2 Å². The van der Waals surface area contributed by atoms with Gasteiger partial charge in [0.1, 0.15) is 11.6 Å². The van der Waals surface area contributed by atoms with E-state index in [-0.39, 0.29) is 24.9 Å². The van der Waals surface area contributed by atoms with Crippen molar-refractivity contribution < 1.29 is 23.1 Å². The number of benzene rings is 1. The molecule has 0 N–H and O–H groups in total. The molecule has 0 aliphatic heterocycles. The Bertz CT molecular complexity index is 772. The summed E-state index contributed by atoms with van der Waals surface area (Å²) < 4.78 is 23.9. The molecule has 0 saturated heterocycles. The summed E-state index contributed by atoms with van der Waals surface area (Å²) in [6, 6.07) is 9.40. The quantitative estimate of drug-likeness (QED) is 0.515. The van der Waals surface area contributed by atoms with Crippen LogP contribution >= 0.6 is 15.9 Å². The molecule has 0 spiro atoms. The van der Waals surface area contributed by atoms with Crippen molar-refractivity contribution in [3.05, 3.63) is 64.3 Å². The third-order valence-electron chi connectivity index (χ3n) is 3.31. The van der Waals surface area contributed by atoms with Gasteiger partial charge in [-0.2, -0.15) is 0 Å². The van der Waals surface area contributed by atoms with Crippen molar-refractivity contribution in [2.24, 2.45) is 0 Å². The van der Waals surface area contributed by atoms with Gasteiger partial charge in [-0.25, -0.2) is 9.18 Å². The van der Waals surface area contributed by atoms with Crippen molar-refractivity contribution in [2.75, 3.05) is 13.2 Å². The second-order valence-electron chi connectivity index (χ2n) is 5.12. The second kappa shape index (κ2) is 9.17. The van der Waals surface area contributed by atoms with Crippen molar-refractivity contribution in [1.82, 2.24) is 4.90 Å². The van der Waals surface area contributed by atoms with Crippen LogP contribution in [0, 0.1) is 5.82 Å². The van der Waals surface area contributed by atoms with E-state index in [1.165, 1.54) is 29.2 Å². The van der Waals surface area contributed by atoms with Gasteiger partial charge in [0.05, 0.1) is 0 Å². The minimum atomic E-state index is -0.650. The molecule has 5 nitrogen and oxygen atoms in total. The first-order valence-corrected chi connectivity index (χ1v) is 8.39. The third-order valence-corrected chi connectivity index (χ3v) is 3.74. The summed E-state index contributed by atoms with van der Waals surface area (Å²) in [7, 11) is 0. The minimum Gasteiger partial charge on any atom is -0.452 e. The lowest BCUT2D eigenvalue weighted by atomic mass is 10.2. The van der Waals surface area contributed by atoms with Crippen molar-refractivity contribution in [3.63, 3.8) is 0 Å². The van der Waals surface area contributed by atoms with Gasteiger partial charge in [-0.3, -0.25) is 4.79 Å². The predicted molar refractivity (Wildman–Crippen MR) is 93.9 cm³/mol. The topological polar surface area (TPSA) is 59.8 Å². The third kappa shape index (κ3) is 6.19. The number of hydrogen-bond donors (Lipinski definition) is 0. The Labute approximate surface area is 153 Å². The van der Waals surface area contributed by atoms with E-state index >= 15 is 0 Å². The van der Waals surface area contributed by atoms with Crippen LogP contribution < -0.4 is 0 Å². The molecule has 2 rings (SSSR count). The fourth-order valence-corrected chi connectivity index (χ4v) is 2.39. The van der Waals surface area contributed by atoms with Gasteiger partial charge in [-0.1, -0.05) is 12.1 Å². The van der Waals surface area contributed by atoms with Gasteiger partial charge < -0.3 is 14.1 Å². The Morgan fingerprint density at radius 2 is 2.12 bits per heavy atom. The molecule has 25 heavy (non-hydrogen) atoms. The highest BCUT2D eigenvalue weighted by Crippen LogP contribution is 2.15. The summed E-state index contributed by atoms with van der Waals surface area (Å²) in [6.45, 7) is 2.09. The summed E-state index contributed by atoms with van der Waals surface area (Å²) in [5.74, 6) is -0.879. The van der Waals surface area contributed by atoms with Crippen LogP contribution in [0.5, 0.6) is 0 Å². The fraction of sp³-hybridized carbons (Fsp3) is 0.222. The van der Waals surface area contributed by atoms with Crippen LogP contribution in [0.15, 0.2) is 51.6 Å². The van der Waals surface area contributed by atoms with Crippen LogP contribution in [0.1, 0.15) is 18.2 Å². The van der Waals surface area contributed by atoms with E-state index < -0.39 is 5.97 Å². The average molecular weight is 410 g/mol. The van der Waals surface area contributed by atoms with E-state index in [9.17, 15) is 14.0 Å². The number of nitrogens with zero attached hydrogens (tertiary/aromatic N) is 1. The molecular formula is C18H17BrFNO4. The monoisotopic (exact) mass is 409 g/mol. The highest BCUT2D eigenvalue weighted by molar-refractivity contribution is 9.10. The maximum atomic E-state index is 13.2. The van der Waals surface area contributed by atoms with Gasteiger partial charge in [-0.15, -0.1) is 0 Å². The van der Waals surface area contributed by atoms with Crippen LogP contribution in [0.3, 0.4) is 0 Å². The first-order valence-electron chi connectivity index (χ1n) is 7.60. The van der Waals surface area contributed by atoms with Crippen LogP contribution in [0.2, 0.25) is 0 Å². The van der Waals surface area contributed by atoms with Crippen LogP contribution in [-0.4, -0.2) is 29.9 Å². The maximum absolute atomic E-state index is 13.2. The van der Waals surface area contributed by atoms with Crippen molar-refractivity contribution in [2.45, 2.75) is 13.5 Å². The zero-order valence-electron chi connectivity index (χ0n) is 13.6. The van der Waals surface area contributed by atoms with Gasteiger partial charge >= 0.3 is 5.97 Å². The summed E-state index contributed by atoms with van der Waals surface area (Å²) in [4.78, 5) is 25.3. The molecule has 132 valence electrons. The Kier molecular flexibility index (Phi) is 6.94. The summed E-state index contributed by atoms with van der Waals surface area (Å²) >= 11 is 3.15. The molecule has 7 heteroatoms. The number of carbonyl (C=O) groups excluding carboxylic acids is 2. The van der Waals surface area contributed by atoms with Gasteiger partial charge in [-0.05, 0) is 58.8 Å². The average Bonchev–Trinajstić information content (AvgIpc) is 3.01. The number of amides is 1. The van der Waals surface area contributed by atoms with E-state index in [2.05, 4.69) is 15.9 Å². The molecule has 0 aliphatic rings. The number of esters is 1. The van der Waals surface area contributed by atoms with Gasteiger partial charge in [0.15, 0.2) is 11.3 Å². The fourth-order valence-electron chi connectivity index (χ4n) is 2.07. The highest BCUT2D eigenvalue weighted by Gasteiger charge is 2.14. The first kappa shape index (κ1) is 18.9. The SMILES string of the molecule is CCN(Cc1cccc(F)c1)C(=O)COC(=O)/C=C/c1ccc(Br)o1. The molecule has 1 amide bonds. The first-order chi connectivity index (χ1) is 12.0. The largest absolute Gasteiger partial charge is 0.452 e. The van der Waals surface area contributed by atoms with Crippen molar-refractivity contribution in [1.29, 1.82) is 0 Å².